The standard InChI is InChI=1S/C20H14F3NO6S2/c21-20(22,23)12-4-2-1-3-11(12)14-7-5-10(30-14)9-15-17(27)24(19(31)32-15)13(18(28)29)6-8-16(25)26/h1-5,7,9,13H,6,8H2,(H,25,26)(H,28,29)/b15-9-. The van der Waals surface area contributed by atoms with Gasteiger partial charge in [-0.3, -0.25) is 14.5 Å². The minimum Gasteiger partial charge on any atom is -0.481 e. The number of halogens is 3. The third-order valence-electron chi connectivity index (χ3n) is 4.45. The Hall–Kier alpha value is -3.12. The molecule has 0 spiro atoms. The van der Waals surface area contributed by atoms with Crippen molar-refractivity contribution in [2.24, 2.45) is 0 Å². The van der Waals surface area contributed by atoms with Gasteiger partial charge in [0, 0.05) is 18.1 Å². The fourth-order valence-corrected chi connectivity index (χ4v) is 4.36. The van der Waals surface area contributed by atoms with Gasteiger partial charge in [-0.1, -0.05) is 42.2 Å². The topological polar surface area (TPSA) is 108 Å². The maximum absolute atomic E-state index is 13.3. The predicted molar refractivity (Wildman–Crippen MR) is 112 cm³/mol. The number of alkyl halides is 3. The molecule has 1 aliphatic heterocycles. The van der Waals surface area contributed by atoms with Crippen LogP contribution in [0.3, 0.4) is 0 Å². The van der Waals surface area contributed by atoms with Gasteiger partial charge < -0.3 is 14.6 Å². The lowest BCUT2D eigenvalue weighted by Crippen LogP contribution is -2.44. The van der Waals surface area contributed by atoms with Crippen molar-refractivity contribution in [3.63, 3.8) is 0 Å². The van der Waals surface area contributed by atoms with Crippen LogP contribution in [0.25, 0.3) is 17.4 Å². The zero-order valence-corrected chi connectivity index (χ0v) is 17.6. The lowest BCUT2D eigenvalue weighted by molar-refractivity contribution is -0.146. The number of carbonyl (C=O) groups is 3. The summed E-state index contributed by atoms with van der Waals surface area (Å²) < 4.78 is 45.2. The molecule has 2 aromatic rings. The van der Waals surface area contributed by atoms with E-state index >= 15 is 0 Å². The molecule has 1 aliphatic rings. The van der Waals surface area contributed by atoms with Gasteiger partial charge in [-0.25, -0.2) is 4.79 Å². The molecule has 1 fully saturated rings. The molecule has 32 heavy (non-hydrogen) atoms. The Morgan fingerprint density at radius 1 is 1.19 bits per heavy atom. The predicted octanol–water partition coefficient (Wildman–Crippen LogP) is 4.48. The van der Waals surface area contributed by atoms with Crippen molar-refractivity contribution in [3.8, 4) is 11.3 Å². The van der Waals surface area contributed by atoms with E-state index < -0.39 is 42.0 Å². The second kappa shape index (κ2) is 9.17. The lowest BCUT2D eigenvalue weighted by atomic mass is 10.1. The maximum atomic E-state index is 13.3. The highest BCUT2D eigenvalue weighted by Crippen LogP contribution is 2.39. The quantitative estimate of drug-likeness (QED) is 0.437. The summed E-state index contributed by atoms with van der Waals surface area (Å²) in [5.74, 6) is -3.39. The van der Waals surface area contributed by atoms with E-state index in [2.05, 4.69) is 0 Å². The molecule has 1 unspecified atom stereocenters. The van der Waals surface area contributed by atoms with Crippen LogP contribution in [0.1, 0.15) is 24.2 Å². The van der Waals surface area contributed by atoms with Crippen molar-refractivity contribution in [2.45, 2.75) is 25.1 Å². The number of thioether (sulfide) groups is 1. The van der Waals surface area contributed by atoms with Crippen molar-refractivity contribution in [1.29, 1.82) is 0 Å². The van der Waals surface area contributed by atoms with E-state index in [1.54, 1.807) is 0 Å². The van der Waals surface area contributed by atoms with Crippen molar-refractivity contribution in [2.75, 3.05) is 0 Å². The van der Waals surface area contributed by atoms with Gasteiger partial charge in [0.1, 0.15) is 21.9 Å². The fraction of sp³-hybridized carbons (Fsp3) is 0.200. The first kappa shape index (κ1) is 23.5. The molecule has 1 atom stereocenters. The Morgan fingerprint density at radius 3 is 2.50 bits per heavy atom. The Kier molecular flexibility index (Phi) is 6.74. The fourth-order valence-electron chi connectivity index (χ4n) is 3.02. The molecule has 1 amide bonds. The van der Waals surface area contributed by atoms with Crippen molar-refractivity contribution < 1.29 is 42.2 Å². The summed E-state index contributed by atoms with van der Waals surface area (Å²) in [6, 6.07) is 6.09. The third-order valence-corrected chi connectivity index (χ3v) is 5.78. The van der Waals surface area contributed by atoms with E-state index in [1.807, 2.05) is 0 Å². The first-order chi connectivity index (χ1) is 15.0. The average molecular weight is 485 g/mol. The van der Waals surface area contributed by atoms with Crippen LogP contribution in [0.15, 0.2) is 45.7 Å². The summed E-state index contributed by atoms with van der Waals surface area (Å²) in [7, 11) is 0. The summed E-state index contributed by atoms with van der Waals surface area (Å²) >= 11 is 5.87. The van der Waals surface area contributed by atoms with E-state index in [9.17, 15) is 32.7 Å². The lowest BCUT2D eigenvalue weighted by Gasteiger charge is -2.22. The van der Waals surface area contributed by atoms with E-state index in [1.165, 1.54) is 36.4 Å². The molecule has 12 heteroatoms. The van der Waals surface area contributed by atoms with Crippen LogP contribution in [0.4, 0.5) is 13.2 Å². The smallest absolute Gasteiger partial charge is 0.417 e. The van der Waals surface area contributed by atoms with E-state index in [-0.39, 0.29) is 32.7 Å². The number of aliphatic carboxylic acids is 2. The van der Waals surface area contributed by atoms with Gasteiger partial charge in [-0.15, -0.1) is 0 Å². The van der Waals surface area contributed by atoms with Crippen molar-refractivity contribution in [3.05, 3.63) is 52.6 Å². The molecule has 1 aromatic heterocycles. The van der Waals surface area contributed by atoms with Gasteiger partial charge in [0.25, 0.3) is 5.91 Å². The number of hydrogen-bond donors (Lipinski definition) is 2. The van der Waals surface area contributed by atoms with E-state index in [0.717, 1.165) is 22.7 Å². The zero-order valence-electron chi connectivity index (χ0n) is 16.0. The second-order valence-corrected chi connectivity index (χ2v) is 8.26. The minimum atomic E-state index is -4.59. The largest absolute Gasteiger partial charge is 0.481 e. The van der Waals surface area contributed by atoms with Crippen molar-refractivity contribution >= 4 is 52.2 Å². The molecule has 0 aliphatic carbocycles. The summed E-state index contributed by atoms with van der Waals surface area (Å²) in [6.07, 6.45) is -4.17. The summed E-state index contributed by atoms with van der Waals surface area (Å²) in [5.41, 5.74) is -1.05. The second-order valence-electron chi connectivity index (χ2n) is 6.58. The monoisotopic (exact) mass is 485 g/mol. The summed E-state index contributed by atoms with van der Waals surface area (Å²) in [4.78, 5) is 35.9. The number of carboxylic acids is 2. The highest BCUT2D eigenvalue weighted by Gasteiger charge is 2.40. The first-order valence-corrected chi connectivity index (χ1v) is 10.2. The van der Waals surface area contributed by atoms with Gasteiger partial charge in [0.15, 0.2) is 0 Å². The summed E-state index contributed by atoms with van der Waals surface area (Å²) in [5, 5.41) is 18.2. The molecule has 168 valence electrons. The highest BCUT2D eigenvalue weighted by molar-refractivity contribution is 8.26. The molecule has 7 nitrogen and oxygen atoms in total. The number of nitrogens with zero attached hydrogens (tertiary/aromatic N) is 1. The van der Waals surface area contributed by atoms with Gasteiger partial charge in [0.2, 0.25) is 0 Å². The molecule has 3 rings (SSSR count). The van der Waals surface area contributed by atoms with Crippen LogP contribution in [0.5, 0.6) is 0 Å². The number of hydrogen-bond acceptors (Lipinski definition) is 6. The molecule has 0 bridgehead atoms. The van der Waals surface area contributed by atoms with Crippen LogP contribution in [-0.2, 0) is 20.6 Å². The maximum Gasteiger partial charge on any atom is 0.417 e. The summed E-state index contributed by atoms with van der Waals surface area (Å²) in [6.45, 7) is 0. The Morgan fingerprint density at radius 2 is 1.88 bits per heavy atom. The number of carbonyl (C=O) groups excluding carboxylic acids is 1. The SMILES string of the molecule is O=C(O)CCC(C(=O)O)N1C(=O)/C(=C/c2ccc(-c3ccccc3C(F)(F)F)o2)SC1=S. The van der Waals surface area contributed by atoms with Gasteiger partial charge in [0.05, 0.1) is 10.5 Å². The average Bonchev–Trinajstić information content (AvgIpc) is 3.27. The highest BCUT2D eigenvalue weighted by atomic mass is 32.2. The first-order valence-electron chi connectivity index (χ1n) is 8.97. The van der Waals surface area contributed by atoms with Gasteiger partial charge >= 0.3 is 18.1 Å². The van der Waals surface area contributed by atoms with Crippen LogP contribution in [0.2, 0.25) is 0 Å². The number of benzene rings is 1. The van der Waals surface area contributed by atoms with Crippen LogP contribution in [-0.4, -0.2) is 43.3 Å². The molecule has 2 heterocycles. The molecule has 2 N–H and O–H groups in total. The minimum absolute atomic E-state index is 0.00146. The van der Waals surface area contributed by atoms with Crippen LogP contribution >= 0.6 is 24.0 Å². The molecular formula is C20H14F3NO6S2. The molecule has 1 aromatic carbocycles. The van der Waals surface area contributed by atoms with Crippen molar-refractivity contribution in [1.82, 2.24) is 4.90 Å². The van der Waals surface area contributed by atoms with E-state index in [4.69, 9.17) is 21.7 Å². The molecule has 1 saturated heterocycles. The Balaban J connectivity index is 1.88. The van der Waals surface area contributed by atoms with Gasteiger partial charge in [-0.2, -0.15) is 13.2 Å². The Bertz CT molecular complexity index is 1120. The number of thiocarbonyl (C=S) groups is 1. The number of amides is 1. The third kappa shape index (κ3) is 5.02. The van der Waals surface area contributed by atoms with Crippen LogP contribution in [0, 0.1) is 0 Å². The molecule has 0 radical (unpaired) electrons. The molecular weight excluding hydrogens is 471 g/mol. The normalized spacial score (nSPS) is 16.6. The number of rotatable bonds is 7. The van der Waals surface area contributed by atoms with Gasteiger partial charge in [-0.05, 0) is 24.6 Å². The van der Waals surface area contributed by atoms with Crippen LogP contribution < -0.4 is 0 Å². The number of furan rings is 1. The Labute approximate surface area is 188 Å². The number of carboxylic acid groups (broad SMARTS) is 2. The van der Waals surface area contributed by atoms with E-state index in [0.29, 0.717) is 0 Å². The zero-order chi connectivity index (χ0) is 23.6. The molecule has 0 saturated carbocycles.